The molecular formula is C22H23BrN4O5S. The fraction of sp³-hybridized carbons (Fsp3) is 0.318. The second kappa shape index (κ2) is 10.0. The van der Waals surface area contributed by atoms with Gasteiger partial charge in [-0.25, -0.2) is 8.42 Å². The van der Waals surface area contributed by atoms with E-state index in [1.165, 1.54) is 23.5 Å². The van der Waals surface area contributed by atoms with Crippen molar-refractivity contribution in [2.24, 2.45) is 5.92 Å². The van der Waals surface area contributed by atoms with Gasteiger partial charge in [-0.3, -0.25) is 4.79 Å². The molecule has 2 heterocycles. The van der Waals surface area contributed by atoms with E-state index in [1.807, 2.05) is 24.3 Å². The number of nitrogens with one attached hydrogen (secondary N) is 1. The number of hydrogen-bond acceptors (Lipinski definition) is 7. The molecule has 0 aliphatic carbocycles. The van der Waals surface area contributed by atoms with Crippen LogP contribution in [-0.4, -0.2) is 49.0 Å². The number of amides is 1. The minimum absolute atomic E-state index is 0.115. The molecule has 0 spiro atoms. The quantitative estimate of drug-likeness (QED) is 0.494. The molecule has 1 amide bonds. The molecule has 0 radical (unpaired) electrons. The molecule has 11 heteroatoms. The van der Waals surface area contributed by atoms with E-state index >= 15 is 0 Å². The van der Waals surface area contributed by atoms with Gasteiger partial charge in [-0.1, -0.05) is 33.2 Å². The largest absolute Gasteiger partial charge is 0.497 e. The molecule has 2 aromatic carbocycles. The van der Waals surface area contributed by atoms with Crippen LogP contribution in [0, 0.1) is 5.92 Å². The molecular weight excluding hydrogens is 512 g/mol. The number of nitrogens with zero attached hydrogens (tertiary/aromatic N) is 3. The van der Waals surface area contributed by atoms with Crippen molar-refractivity contribution < 1.29 is 22.5 Å². The zero-order valence-corrected chi connectivity index (χ0v) is 20.3. The minimum Gasteiger partial charge on any atom is -0.497 e. The Bertz CT molecular complexity index is 1220. The van der Waals surface area contributed by atoms with E-state index < -0.39 is 10.0 Å². The number of hydrogen-bond donors (Lipinski definition) is 1. The molecule has 174 valence electrons. The van der Waals surface area contributed by atoms with E-state index in [4.69, 9.17) is 9.26 Å². The summed E-state index contributed by atoms with van der Waals surface area (Å²) in [6.45, 7) is 0.671. The molecule has 9 nitrogen and oxygen atoms in total. The lowest BCUT2D eigenvalue weighted by atomic mass is 9.97. The Morgan fingerprint density at radius 1 is 1.21 bits per heavy atom. The summed E-state index contributed by atoms with van der Waals surface area (Å²) in [5.41, 5.74) is 0.802. The smallest absolute Gasteiger partial charge is 0.246 e. The second-order valence-electron chi connectivity index (χ2n) is 7.59. The Hall–Kier alpha value is -2.76. The minimum atomic E-state index is -3.61. The Kier molecular flexibility index (Phi) is 7.11. The summed E-state index contributed by atoms with van der Waals surface area (Å²) in [5, 5.41) is 6.77. The Labute approximate surface area is 200 Å². The first-order valence-electron chi connectivity index (χ1n) is 10.4. The van der Waals surface area contributed by atoms with Crippen LogP contribution in [0.5, 0.6) is 5.75 Å². The summed E-state index contributed by atoms with van der Waals surface area (Å²) in [6.07, 6.45) is 0.878. The SMILES string of the molecule is COc1ccc(S(=O)(=O)N2CCC(C(=O)NCc3nc(-c4cccc(Br)c4)no3)CC2)cc1. The van der Waals surface area contributed by atoms with Gasteiger partial charge in [-0.2, -0.15) is 9.29 Å². The number of aromatic nitrogens is 2. The fourth-order valence-corrected chi connectivity index (χ4v) is 5.50. The summed E-state index contributed by atoms with van der Waals surface area (Å²) in [4.78, 5) is 17.1. The summed E-state index contributed by atoms with van der Waals surface area (Å²) < 4.78 is 38.4. The third-order valence-corrected chi connectivity index (χ3v) is 7.89. The van der Waals surface area contributed by atoms with Crippen LogP contribution < -0.4 is 10.1 Å². The van der Waals surface area contributed by atoms with Gasteiger partial charge in [0.15, 0.2) is 0 Å². The van der Waals surface area contributed by atoms with Crippen LogP contribution in [-0.2, 0) is 21.4 Å². The van der Waals surface area contributed by atoms with Gasteiger partial charge in [-0.15, -0.1) is 0 Å². The van der Waals surface area contributed by atoms with Crippen molar-refractivity contribution in [2.45, 2.75) is 24.3 Å². The lowest BCUT2D eigenvalue weighted by Gasteiger charge is -2.30. The highest BCUT2D eigenvalue weighted by Gasteiger charge is 2.32. The van der Waals surface area contributed by atoms with Crippen LogP contribution in [0.25, 0.3) is 11.4 Å². The summed E-state index contributed by atoms with van der Waals surface area (Å²) in [6, 6.07) is 13.8. The predicted molar refractivity (Wildman–Crippen MR) is 124 cm³/mol. The lowest BCUT2D eigenvalue weighted by Crippen LogP contribution is -2.42. The van der Waals surface area contributed by atoms with Crippen molar-refractivity contribution >= 4 is 31.9 Å². The first-order chi connectivity index (χ1) is 15.9. The predicted octanol–water partition coefficient (Wildman–Crippen LogP) is 3.22. The number of sulfonamides is 1. The van der Waals surface area contributed by atoms with Crippen LogP contribution in [0.4, 0.5) is 0 Å². The van der Waals surface area contributed by atoms with E-state index in [-0.39, 0.29) is 36.4 Å². The van der Waals surface area contributed by atoms with E-state index in [2.05, 4.69) is 31.4 Å². The van der Waals surface area contributed by atoms with Crippen molar-refractivity contribution in [3.8, 4) is 17.1 Å². The zero-order chi connectivity index (χ0) is 23.4. The van der Waals surface area contributed by atoms with Crippen molar-refractivity contribution in [1.29, 1.82) is 0 Å². The number of rotatable bonds is 7. The number of benzene rings is 2. The lowest BCUT2D eigenvalue weighted by molar-refractivity contribution is -0.126. The van der Waals surface area contributed by atoms with E-state index in [1.54, 1.807) is 12.1 Å². The fourth-order valence-electron chi connectivity index (χ4n) is 3.63. The van der Waals surface area contributed by atoms with Crippen molar-refractivity contribution in [3.05, 3.63) is 58.9 Å². The van der Waals surface area contributed by atoms with Gasteiger partial charge in [0.1, 0.15) is 5.75 Å². The van der Waals surface area contributed by atoms with E-state index in [9.17, 15) is 13.2 Å². The molecule has 0 atom stereocenters. The third kappa shape index (κ3) is 5.43. The molecule has 1 aliphatic heterocycles. The van der Waals surface area contributed by atoms with Crippen LogP contribution >= 0.6 is 15.9 Å². The standard InChI is InChI=1S/C22H23BrN4O5S/c1-31-18-5-7-19(8-6-18)33(29,30)27-11-9-15(10-12-27)22(28)24-14-20-25-21(26-32-20)16-3-2-4-17(23)13-16/h2-8,13,15H,9-12,14H2,1H3,(H,24,28). The molecule has 33 heavy (non-hydrogen) atoms. The number of methoxy groups -OCH3 is 1. The molecule has 0 bridgehead atoms. The van der Waals surface area contributed by atoms with Crippen molar-refractivity contribution in [3.63, 3.8) is 0 Å². The first-order valence-corrected chi connectivity index (χ1v) is 12.6. The zero-order valence-electron chi connectivity index (χ0n) is 17.9. The summed E-state index contributed by atoms with van der Waals surface area (Å²) in [7, 11) is -2.08. The van der Waals surface area contributed by atoms with Crippen LogP contribution in [0.1, 0.15) is 18.7 Å². The number of ether oxygens (including phenoxy) is 1. The highest BCUT2D eigenvalue weighted by atomic mass is 79.9. The van der Waals surface area contributed by atoms with E-state index in [0.29, 0.717) is 30.3 Å². The average molecular weight is 535 g/mol. The topological polar surface area (TPSA) is 115 Å². The molecule has 3 aromatic rings. The van der Waals surface area contributed by atoms with Gasteiger partial charge < -0.3 is 14.6 Å². The van der Waals surface area contributed by atoms with Crippen LogP contribution in [0.3, 0.4) is 0 Å². The maximum Gasteiger partial charge on any atom is 0.246 e. The van der Waals surface area contributed by atoms with Gasteiger partial charge in [0.05, 0.1) is 18.6 Å². The Morgan fingerprint density at radius 2 is 1.94 bits per heavy atom. The molecule has 4 rings (SSSR count). The number of halogens is 1. The summed E-state index contributed by atoms with van der Waals surface area (Å²) >= 11 is 3.41. The highest BCUT2D eigenvalue weighted by molar-refractivity contribution is 9.10. The van der Waals surface area contributed by atoms with Crippen LogP contribution in [0.15, 0.2) is 62.4 Å². The average Bonchev–Trinajstić information content (AvgIpc) is 3.32. The van der Waals surface area contributed by atoms with Crippen molar-refractivity contribution in [2.75, 3.05) is 20.2 Å². The Balaban J connectivity index is 1.30. The van der Waals surface area contributed by atoms with Crippen molar-refractivity contribution in [1.82, 2.24) is 19.8 Å². The molecule has 1 fully saturated rings. The molecule has 1 aromatic heterocycles. The molecule has 1 N–H and O–H groups in total. The molecule has 0 saturated carbocycles. The van der Waals surface area contributed by atoms with Crippen LogP contribution in [0.2, 0.25) is 0 Å². The third-order valence-electron chi connectivity index (χ3n) is 5.49. The van der Waals surface area contributed by atoms with E-state index in [0.717, 1.165) is 10.0 Å². The van der Waals surface area contributed by atoms with Gasteiger partial charge in [0.2, 0.25) is 27.6 Å². The first kappa shape index (κ1) is 23.4. The highest BCUT2D eigenvalue weighted by Crippen LogP contribution is 2.25. The Morgan fingerprint density at radius 3 is 2.61 bits per heavy atom. The molecule has 1 saturated heterocycles. The number of carbonyl (C=O) groups is 1. The van der Waals surface area contributed by atoms with Gasteiger partial charge >= 0.3 is 0 Å². The second-order valence-corrected chi connectivity index (χ2v) is 10.4. The molecule has 1 aliphatic rings. The number of piperidine rings is 1. The monoisotopic (exact) mass is 534 g/mol. The number of carbonyl (C=O) groups excluding carboxylic acids is 1. The maximum atomic E-state index is 12.9. The normalized spacial score (nSPS) is 15.3. The van der Waals surface area contributed by atoms with Gasteiger partial charge in [0, 0.05) is 29.0 Å². The molecule has 0 unspecified atom stereocenters. The van der Waals surface area contributed by atoms with Gasteiger partial charge in [0.25, 0.3) is 0 Å². The van der Waals surface area contributed by atoms with Gasteiger partial charge in [-0.05, 0) is 49.2 Å². The maximum absolute atomic E-state index is 12.9. The summed E-state index contributed by atoms with van der Waals surface area (Å²) in [5.74, 6) is 0.906.